The molecule has 11 aromatic carbocycles. The molecule has 1 heteroatoms. The Hall–Kier alpha value is -8.36. The van der Waals surface area contributed by atoms with Gasteiger partial charge in [0.2, 0.25) is 0 Å². The maximum absolute atomic E-state index is 9.06. The predicted octanol–water partition coefficient (Wildman–Crippen LogP) is 39.3. The van der Waals surface area contributed by atoms with Crippen molar-refractivity contribution in [1.82, 2.24) is 0 Å². The van der Waals surface area contributed by atoms with Crippen LogP contribution in [0.4, 0.5) is 0 Å². The number of rotatable bonds is 14. The van der Waals surface area contributed by atoms with Gasteiger partial charge < -0.3 is 0 Å². The van der Waals surface area contributed by atoms with Gasteiger partial charge in [-0.15, -0.1) is 0 Å². The smallest absolute Gasteiger partial charge is 0.0675 e. The highest BCUT2D eigenvalue weighted by Crippen LogP contribution is 2.52. The van der Waals surface area contributed by atoms with Gasteiger partial charge in [-0.1, -0.05) is 350 Å². The second kappa shape index (κ2) is 46.7. The van der Waals surface area contributed by atoms with E-state index in [1.54, 1.807) is 184 Å². The minimum absolute atomic E-state index is 0.00396. The van der Waals surface area contributed by atoms with Crippen molar-refractivity contribution in [3.63, 3.8) is 0 Å². The molecule has 720 valence electrons. The van der Waals surface area contributed by atoms with E-state index in [4.69, 9.17) is 63.1 Å². The Morgan fingerprint density at radius 3 is 1.10 bits per heavy atom. The highest BCUT2D eigenvalue weighted by molar-refractivity contribution is 6.91. The van der Waals surface area contributed by atoms with Gasteiger partial charge >= 0.3 is 0 Å². The zero-order chi connectivity index (χ0) is 139. The lowest BCUT2D eigenvalue weighted by molar-refractivity contribution is 0.0969. The molecule has 13 rings (SSSR count). The van der Waals surface area contributed by atoms with E-state index in [-0.39, 0.29) is 94.3 Å². The summed E-state index contributed by atoms with van der Waals surface area (Å²) in [6.07, 6.45) is -0.835. The zero-order valence-corrected chi connectivity index (χ0v) is 87.3. The van der Waals surface area contributed by atoms with Crippen LogP contribution in [0.3, 0.4) is 0 Å². The summed E-state index contributed by atoms with van der Waals surface area (Å²) in [7, 11) is -1.48. The number of hydrogen-bond acceptors (Lipinski definition) is 0. The standard InChI is InChI=1S/C22H30.2C21H28.C20H26.C18H28.C16H24.C14H24Si/c1-14-9-16(3)20(12-15(14)2)21-17(4)10-19(11-18(21)5)13-22(6,7)8;1-14-11-19(12-15(2)17(14)4)20-9-8-18(10-16(20)3)13-21(5,6)7;1-14-10-16(3)20(12-15(14)2)19-9-8-18(11-17(19)4)13-21(5,6)7;1-14-7-9-18(15(2)11-14)19-10-8-17(12-16(19)3)13-20(4,5)6;1-13-7-8-15(9-14(13)2)16-10-17(3,4)12-18(5,6)11-16;1-12-5-6-15(11-13(12)2)14-7-9-16(3,4)10-8-14;1-6-15(7-2,8-3)14-10-9-12(4)13(5)11-14/h9-12H,13H2,1-8H3;2*8-12H,13H2,1-7H3;7-12H,13H2,1-6H3;7-9,16H,10-12H2,1-6H3;5-6,11,14H,7-10H2,1-4H3;9-11H,6-8H2,1-5H3/i3D3,4D3,13D2;1D3,3D3,13D2;2D3,3D3,4D3,13D2;2D3,3D3,13D2;2D3,16D;2D3,14D;5D3. The number of aryl methyl sites for hydroxylation is 21. The van der Waals surface area contributed by atoms with Gasteiger partial charge in [0, 0.05) is 63.1 Å². The molecule has 0 atom stereocenters. The van der Waals surface area contributed by atoms with Gasteiger partial charge in [0.1, 0.15) is 0 Å². The summed E-state index contributed by atoms with van der Waals surface area (Å²) < 4.78 is 369. The van der Waals surface area contributed by atoms with Crippen LogP contribution in [0.2, 0.25) is 18.1 Å². The van der Waals surface area contributed by atoms with Crippen LogP contribution in [0.1, 0.15) is 421 Å². The Balaban J connectivity index is 0.000000281. The van der Waals surface area contributed by atoms with E-state index in [2.05, 4.69) is 68.4 Å². The quantitative estimate of drug-likeness (QED) is 0.0952. The van der Waals surface area contributed by atoms with Gasteiger partial charge in [0.15, 0.2) is 0 Å². The summed E-state index contributed by atoms with van der Waals surface area (Å²) in [6, 6.07) is 51.0. The Kier molecular flexibility index (Phi) is 21.4. The van der Waals surface area contributed by atoms with E-state index in [9.17, 15) is 0 Å². The molecule has 0 saturated heterocycles. The van der Waals surface area contributed by atoms with Crippen LogP contribution in [0.25, 0.3) is 44.5 Å². The minimum atomic E-state index is -2.68. The van der Waals surface area contributed by atoms with Gasteiger partial charge in [0.25, 0.3) is 0 Å². The minimum Gasteiger partial charge on any atom is -0.0675 e. The molecule has 0 spiro atoms. The van der Waals surface area contributed by atoms with Gasteiger partial charge in [0.05, 0.1) is 8.07 Å². The first-order chi connectivity index (χ1) is 79.8. The molecule has 0 amide bonds. The van der Waals surface area contributed by atoms with Crippen LogP contribution in [0.15, 0.2) is 176 Å². The summed E-state index contributed by atoms with van der Waals surface area (Å²) >= 11 is 0. The van der Waals surface area contributed by atoms with Crippen LogP contribution < -0.4 is 5.19 Å². The average Bonchev–Trinajstić information content (AvgIpc) is 0.735. The fourth-order valence-corrected chi connectivity index (χ4v) is 21.4. The van der Waals surface area contributed by atoms with Crippen molar-refractivity contribution in [3.05, 3.63) is 332 Å². The van der Waals surface area contributed by atoms with Crippen LogP contribution >= 0.6 is 0 Å². The molecule has 0 unspecified atom stereocenters. The predicted molar refractivity (Wildman–Crippen MR) is 600 cm³/mol. The third kappa shape index (κ3) is 33.5. The summed E-state index contributed by atoms with van der Waals surface area (Å²) in [5, 5.41) is 1.31. The van der Waals surface area contributed by atoms with Crippen LogP contribution in [-0.4, -0.2) is 8.07 Å². The number of hydrogen-bond donors (Lipinski definition) is 0. The van der Waals surface area contributed by atoms with Gasteiger partial charge in [-0.3, -0.25) is 0 Å². The molecule has 133 heavy (non-hydrogen) atoms. The summed E-state index contributed by atoms with van der Waals surface area (Å²) in [4.78, 5) is 0. The van der Waals surface area contributed by atoms with Crippen LogP contribution in [0.5, 0.6) is 0 Å². The third-order valence-electron chi connectivity index (χ3n) is 25.2. The molecule has 2 aliphatic rings. The topological polar surface area (TPSA) is 0 Å². The van der Waals surface area contributed by atoms with Crippen LogP contribution in [0, 0.1) is 189 Å². The molecule has 2 aliphatic carbocycles. The highest BCUT2D eigenvalue weighted by Gasteiger charge is 2.39. The molecule has 0 nitrogen and oxygen atoms in total. The Labute approximate surface area is 884 Å². The monoisotopic (exact) mass is 1850 g/mol. The SMILES string of the molecule is [2H]C([2H])([2H])c1cc(-c2ccc(C([2H])([2H])C(C)(C)C)cc2C([2H])([2H])[2H])c(C([2H])([2H])[2H])cc1C.[2H]C([2H])([2H])c1cc(C([2H])([2H])C(C)(C)C)ccc1-c1cc(C)c(C)c(C([2H])([2H])[2H])c1.[2H]C([2H])([2H])c1cc(C)c(C)cc1-c1c(C)cc(C([2H])([2H])C(C)(C)C)cc1C([2H])([2H])[2H].[2H]C([2H])([2H])c1cc(C)ccc1-c1ccc(C([2H])([2H])C(C)(C)C)cc1C([2H])([2H])[2H].[2H]C([2H])([2H])c1cc(C2([2H])CC(C)(C)CC(C)(C)C2)ccc1C.[2H]C([2H])([2H])c1cc(C2([2H])CCC(C)(C)CC2)ccc1C.[2H]C([2H])([2H])c1cc([Si](CC)(CC)CC)ccc1C. The van der Waals surface area contributed by atoms with Gasteiger partial charge in [-0.25, -0.2) is 0 Å². The first kappa shape index (κ1) is 61.1. The van der Waals surface area contributed by atoms with Crippen molar-refractivity contribution in [2.45, 2.75) is 397 Å². The van der Waals surface area contributed by atoms with Crippen molar-refractivity contribution in [1.29, 1.82) is 0 Å². The van der Waals surface area contributed by atoms with Gasteiger partial charge in [-0.05, 0) is 466 Å². The Morgan fingerprint density at radius 2 is 0.639 bits per heavy atom. The fraction of sp³-hybridized carbons (Fsp3) is 0.500. The first-order valence-corrected chi connectivity index (χ1v) is 49.9. The maximum Gasteiger partial charge on any atom is 0.0859 e. The van der Waals surface area contributed by atoms with Gasteiger partial charge in [-0.2, -0.15) is 0 Å². The lowest BCUT2D eigenvalue weighted by atomic mass is 9.60. The summed E-state index contributed by atoms with van der Waals surface area (Å²) in [5.74, 6) is -1.33. The molecule has 0 radical (unpaired) electrons. The van der Waals surface area contributed by atoms with Crippen molar-refractivity contribution in [2.24, 2.45) is 37.9 Å². The van der Waals surface area contributed by atoms with Crippen molar-refractivity contribution < 1.29 is 63.1 Å². The normalized spacial score (nSPS) is 21.6. The van der Waals surface area contributed by atoms with Crippen LogP contribution in [-0.2, 0) is 25.5 Å². The van der Waals surface area contributed by atoms with E-state index in [0.717, 1.165) is 95.0 Å². The largest absolute Gasteiger partial charge is 0.0859 e. The van der Waals surface area contributed by atoms with E-state index < -0.39 is 149 Å². The average molecular weight is 1850 g/mol. The molecule has 11 aromatic rings. The Bertz CT molecular complexity index is 7670. The molecule has 2 fully saturated rings. The second-order valence-electron chi connectivity index (χ2n) is 43.9. The molecule has 0 heterocycles. The molecule has 0 bridgehead atoms. The lowest BCUT2D eigenvalue weighted by Crippen LogP contribution is -2.45. The second-order valence-corrected chi connectivity index (χ2v) is 49.1. The molecule has 2 saturated carbocycles. The third-order valence-corrected chi connectivity index (χ3v) is 30.8. The van der Waals surface area contributed by atoms with Crippen molar-refractivity contribution >= 4 is 13.3 Å². The highest BCUT2D eigenvalue weighted by atomic mass is 28.3. The Morgan fingerprint density at radius 1 is 0.293 bits per heavy atom. The molecule has 0 N–H and O–H groups in total. The van der Waals surface area contributed by atoms with E-state index in [1.807, 2.05) is 71.0 Å². The lowest BCUT2D eigenvalue weighted by Gasteiger charge is -2.45. The number of benzene rings is 11. The summed E-state index contributed by atoms with van der Waals surface area (Å²) in [5.41, 5.74) is 10.8. The van der Waals surface area contributed by atoms with Crippen molar-refractivity contribution in [2.75, 3.05) is 0 Å². The van der Waals surface area contributed by atoms with E-state index in [0.29, 0.717) is 72.2 Å². The first-order valence-electron chi connectivity index (χ1n) is 70.3. The molecular weight excluding hydrogens is 1610 g/mol. The molecule has 0 aliphatic heterocycles. The van der Waals surface area contributed by atoms with E-state index >= 15 is 0 Å². The van der Waals surface area contributed by atoms with Crippen molar-refractivity contribution in [3.8, 4) is 44.5 Å². The van der Waals surface area contributed by atoms with E-state index in [1.165, 1.54) is 90.9 Å². The maximum atomic E-state index is 9.06. The molecular formula is C132H188Si. The fourth-order valence-electron chi connectivity index (χ4n) is 17.8. The molecule has 0 aromatic heterocycles. The zero-order valence-electron chi connectivity index (χ0n) is 132. The summed E-state index contributed by atoms with van der Waals surface area (Å²) in [6.45, 7) is 30.2.